The van der Waals surface area contributed by atoms with Crippen LogP contribution in [0.4, 0.5) is 10.5 Å². The molecule has 0 aliphatic carbocycles. The van der Waals surface area contributed by atoms with Crippen LogP contribution in [-0.4, -0.2) is 79.9 Å². The molecule has 1 aliphatic heterocycles. The van der Waals surface area contributed by atoms with Crippen molar-refractivity contribution in [1.29, 1.82) is 0 Å². The Hall–Kier alpha value is -2.12. The van der Waals surface area contributed by atoms with Gasteiger partial charge in [0.25, 0.3) is 0 Å². The fraction of sp³-hybridized carbons (Fsp3) is 0.692. The second-order valence-corrected chi connectivity index (χ2v) is 9.62. The molecule has 1 heterocycles. The van der Waals surface area contributed by atoms with Crippen molar-refractivity contribution in [2.24, 2.45) is 0 Å². The fourth-order valence-electron chi connectivity index (χ4n) is 3.93. The van der Waals surface area contributed by atoms with Crippen molar-refractivity contribution in [2.45, 2.75) is 65.4 Å². The van der Waals surface area contributed by atoms with Crippen LogP contribution in [0, 0.1) is 0 Å². The number of hydrogen-bond donors (Lipinski definition) is 0. The summed E-state index contributed by atoms with van der Waals surface area (Å²) in [4.78, 5) is 30.9. The molecule has 7 nitrogen and oxygen atoms in total. The van der Waals surface area contributed by atoms with E-state index in [1.807, 2.05) is 58.0 Å². The van der Waals surface area contributed by atoms with E-state index in [9.17, 15) is 9.59 Å². The molecule has 0 bridgehead atoms. The van der Waals surface area contributed by atoms with Crippen molar-refractivity contribution < 1.29 is 19.1 Å². The van der Waals surface area contributed by atoms with Crippen molar-refractivity contribution in [3.8, 4) is 0 Å². The van der Waals surface area contributed by atoms with Crippen molar-refractivity contribution in [2.75, 3.05) is 57.3 Å². The van der Waals surface area contributed by atoms with Crippen LogP contribution in [0.1, 0.15) is 59.8 Å². The van der Waals surface area contributed by atoms with E-state index in [1.165, 1.54) is 0 Å². The Morgan fingerprint density at radius 1 is 0.909 bits per heavy atom. The second kappa shape index (κ2) is 14.2. The van der Waals surface area contributed by atoms with E-state index in [4.69, 9.17) is 9.47 Å². The molecule has 33 heavy (non-hydrogen) atoms. The Labute approximate surface area is 200 Å². The van der Waals surface area contributed by atoms with Crippen LogP contribution in [-0.2, 0) is 14.3 Å². The number of piperazine rings is 1. The number of nitrogens with zero attached hydrogens (tertiary/aromatic N) is 3. The van der Waals surface area contributed by atoms with E-state index in [2.05, 4.69) is 9.80 Å². The first-order chi connectivity index (χ1) is 15.8. The summed E-state index contributed by atoms with van der Waals surface area (Å²) < 4.78 is 10.6. The first-order valence-corrected chi connectivity index (χ1v) is 12.4. The maximum Gasteiger partial charge on any atom is 0.414 e. The van der Waals surface area contributed by atoms with Crippen LogP contribution in [0.25, 0.3) is 0 Å². The van der Waals surface area contributed by atoms with Crippen LogP contribution in [0.5, 0.6) is 0 Å². The molecule has 1 saturated heterocycles. The molecule has 2 rings (SSSR count). The summed E-state index contributed by atoms with van der Waals surface area (Å²) in [5.41, 5.74) is 0.367. The maximum atomic E-state index is 12.7. The standard InChI is InChI=1S/C26H43N3O4/c1-5-32-24(30)15-9-10-16-27-19-21-28(22-20-27)17-11-12-18-29(23-13-7-6-8-14-23)25(31)33-26(2,3)4/h6-8,13-14H,5,9-12,15-22H2,1-4H3. The third-order valence-electron chi connectivity index (χ3n) is 5.66. The lowest BCUT2D eigenvalue weighted by atomic mass is 10.2. The SMILES string of the molecule is CCOC(=O)CCCCN1CCN(CCCCN(C(=O)OC(C)(C)C)c2ccccc2)CC1. The fourth-order valence-corrected chi connectivity index (χ4v) is 3.93. The second-order valence-electron chi connectivity index (χ2n) is 9.62. The number of carbonyl (C=O) groups excluding carboxylic acids is 2. The summed E-state index contributed by atoms with van der Waals surface area (Å²) in [6.45, 7) is 15.1. The molecule has 7 heteroatoms. The van der Waals surface area contributed by atoms with Gasteiger partial charge in [-0.05, 0) is 78.6 Å². The molecule has 0 radical (unpaired) electrons. The van der Waals surface area contributed by atoms with E-state index in [1.54, 1.807) is 4.90 Å². The minimum atomic E-state index is -0.511. The van der Waals surface area contributed by atoms with Crippen molar-refractivity contribution in [3.05, 3.63) is 30.3 Å². The molecule has 1 aliphatic rings. The summed E-state index contributed by atoms with van der Waals surface area (Å²) >= 11 is 0. The number of anilines is 1. The molecule has 1 fully saturated rings. The smallest absolute Gasteiger partial charge is 0.414 e. The molecule has 0 saturated carbocycles. The minimum absolute atomic E-state index is 0.0835. The van der Waals surface area contributed by atoms with Crippen molar-refractivity contribution in [1.82, 2.24) is 9.80 Å². The van der Waals surface area contributed by atoms with Crippen LogP contribution >= 0.6 is 0 Å². The molecule has 0 aromatic heterocycles. The zero-order valence-corrected chi connectivity index (χ0v) is 21.1. The van der Waals surface area contributed by atoms with Crippen molar-refractivity contribution in [3.63, 3.8) is 0 Å². The van der Waals surface area contributed by atoms with Gasteiger partial charge in [0.05, 0.1) is 6.61 Å². The molecule has 0 spiro atoms. The first kappa shape index (κ1) is 27.1. The normalized spacial score (nSPS) is 15.3. The number of unbranched alkanes of at least 4 members (excludes halogenated alkanes) is 2. The number of hydrogen-bond acceptors (Lipinski definition) is 6. The topological polar surface area (TPSA) is 62.3 Å². The van der Waals surface area contributed by atoms with Gasteiger partial charge in [0.15, 0.2) is 0 Å². The van der Waals surface area contributed by atoms with E-state index in [-0.39, 0.29) is 12.1 Å². The highest BCUT2D eigenvalue weighted by molar-refractivity contribution is 5.87. The van der Waals surface area contributed by atoms with Gasteiger partial charge in [0.1, 0.15) is 5.60 Å². The summed E-state index contributed by atoms with van der Waals surface area (Å²) in [6, 6.07) is 9.76. The highest BCUT2D eigenvalue weighted by Crippen LogP contribution is 2.19. The number of benzene rings is 1. The highest BCUT2D eigenvalue weighted by Gasteiger charge is 2.23. The van der Waals surface area contributed by atoms with Gasteiger partial charge < -0.3 is 19.3 Å². The van der Waals surface area contributed by atoms with Gasteiger partial charge in [-0.15, -0.1) is 0 Å². The summed E-state index contributed by atoms with van der Waals surface area (Å²) in [5, 5.41) is 0. The number of esters is 1. The quantitative estimate of drug-likeness (QED) is 0.336. The molecule has 0 unspecified atom stereocenters. The lowest BCUT2D eigenvalue weighted by Gasteiger charge is -2.35. The molecular formula is C26H43N3O4. The van der Waals surface area contributed by atoms with Gasteiger partial charge in [-0.2, -0.15) is 0 Å². The minimum Gasteiger partial charge on any atom is -0.466 e. The van der Waals surface area contributed by atoms with Gasteiger partial charge in [-0.3, -0.25) is 9.69 Å². The first-order valence-electron chi connectivity index (χ1n) is 12.4. The average molecular weight is 462 g/mol. The van der Waals surface area contributed by atoms with E-state index < -0.39 is 5.60 Å². The number of para-hydroxylation sites is 1. The lowest BCUT2D eigenvalue weighted by Crippen LogP contribution is -2.46. The highest BCUT2D eigenvalue weighted by atomic mass is 16.6. The Balaban J connectivity index is 1.66. The van der Waals surface area contributed by atoms with E-state index in [0.717, 1.165) is 70.6 Å². The van der Waals surface area contributed by atoms with Gasteiger partial charge >= 0.3 is 12.1 Å². The molecular weight excluding hydrogens is 418 g/mol. The molecule has 186 valence electrons. The lowest BCUT2D eigenvalue weighted by molar-refractivity contribution is -0.143. The van der Waals surface area contributed by atoms with E-state index in [0.29, 0.717) is 19.6 Å². The predicted molar refractivity (Wildman–Crippen MR) is 133 cm³/mol. The number of rotatable bonds is 12. The third kappa shape index (κ3) is 11.0. The van der Waals surface area contributed by atoms with Crippen molar-refractivity contribution >= 4 is 17.7 Å². The largest absolute Gasteiger partial charge is 0.466 e. The Morgan fingerprint density at radius 2 is 1.48 bits per heavy atom. The maximum absolute atomic E-state index is 12.7. The molecule has 1 aromatic carbocycles. The molecule has 1 aromatic rings. The van der Waals surface area contributed by atoms with Crippen LogP contribution in [0.15, 0.2) is 30.3 Å². The monoisotopic (exact) mass is 461 g/mol. The van der Waals surface area contributed by atoms with Crippen LogP contribution < -0.4 is 4.90 Å². The number of carbonyl (C=O) groups is 2. The molecule has 0 atom stereocenters. The van der Waals surface area contributed by atoms with E-state index >= 15 is 0 Å². The van der Waals surface area contributed by atoms with Gasteiger partial charge in [-0.1, -0.05) is 18.2 Å². The Bertz CT molecular complexity index is 697. The Kier molecular flexibility index (Phi) is 11.7. The van der Waals surface area contributed by atoms with Gasteiger partial charge in [0.2, 0.25) is 0 Å². The van der Waals surface area contributed by atoms with Crippen LogP contribution in [0.3, 0.4) is 0 Å². The third-order valence-corrected chi connectivity index (χ3v) is 5.66. The van der Waals surface area contributed by atoms with Gasteiger partial charge in [-0.25, -0.2) is 4.79 Å². The summed E-state index contributed by atoms with van der Waals surface area (Å²) in [5.74, 6) is -0.0835. The predicted octanol–water partition coefficient (Wildman–Crippen LogP) is 4.56. The molecule has 1 amide bonds. The summed E-state index contributed by atoms with van der Waals surface area (Å²) in [7, 11) is 0. The summed E-state index contributed by atoms with van der Waals surface area (Å²) in [6.07, 6.45) is 4.16. The number of ether oxygens (including phenoxy) is 2. The zero-order chi connectivity index (χ0) is 24.1. The number of amides is 1. The zero-order valence-electron chi connectivity index (χ0n) is 21.1. The molecule has 0 N–H and O–H groups in total. The van der Waals surface area contributed by atoms with Crippen LogP contribution in [0.2, 0.25) is 0 Å². The average Bonchev–Trinajstić information content (AvgIpc) is 2.77. The Morgan fingerprint density at radius 3 is 2.03 bits per heavy atom. The van der Waals surface area contributed by atoms with Gasteiger partial charge in [0, 0.05) is 44.8 Å².